The second-order valence-electron chi connectivity index (χ2n) is 10.7. The standard InChI is InChI=1S/C29H35ClN2O6/c1-28-14-7-4-10-19-37-27(36)23(28)22-25(34)32(16-8-2-3-9-18-33)24-26(35)31(17-11-15-29(22,24)38-28)21-13-6-5-12-20(21)30/h5-7,11-15,22-24,33H,2-4,8-10,16-19H2,1H3/b14-7-/t22-,23-,24?,28+,29-/m0/s1. The molecule has 0 saturated carbocycles. The predicted octanol–water partition coefficient (Wildman–Crippen LogP) is 3.66. The number of fused-ring (bicyclic) bond motifs is 2. The maximum atomic E-state index is 14.4. The molecular weight excluding hydrogens is 508 g/mol. The first-order valence-electron chi connectivity index (χ1n) is 13.5. The van der Waals surface area contributed by atoms with E-state index in [4.69, 9.17) is 26.2 Å². The summed E-state index contributed by atoms with van der Waals surface area (Å²) in [5.74, 6) is -2.80. The van der Waals surface area contributed by atoms with Crippen LogP contribution in [0.15, 0.2) is 48.6 Å². The van der Waals surface area contributed by atoms with E-state index in [1.54, 1.807) is 28.0 Å². The number of rotatable bonds is 7. The van der Waals surface area contributed by atoms with Crippen molar-refractivity contribution in [3.05, 3.63) is 53.6 Å². The third kappa shape index (κ3) is 4.46. The number of esters is 1. The number of hydrogen-bond donors (Lipinski definition) is 1. The summed E-state index contributed by atoms with van der Waals surface area (Å²) in [6.07, 6.45) is 11.9. The van der Waals surface area contributed by atoms with Crippen LogP contribution in [0.25, 0.3) is 0 Å². The molecule has 1 aromatic rings. The van der Waals surface area contributed by atoms with Gasteiger partial charge in [-0.25, -0.2) is 0 Å². The van der Waals surface area contributed by atoms with Gasteiger partial charge in [-0.1, -0.05) is 60.9 Å². The number of allylic oxidation sites excluding steroid dienone is 1. The Morgan fingerprint density at radius 1 is 1.03 bits per heavy atom. The molecule has 5 atom stereocenters. The molecule has 204 valence electrons. The maximum Gasteiger partial charge on any atom is 0.313 e. The number of unbranched alkanes of at least 4 members (excludes halogenated alkanes) is 3. The molecule has 9 heteroatoms. The number of carbonyl (C=O) groups excluding carboxylic acids is 3. The number of benzene rings is 1. The van der Waals surface area contributed by atoms with Gasteiger partial charge >= 0.3 is 5.97 Å². The van der Waals surface area contributed by atoms with Crippen molar-refractivity contribution in [3.8, 4) is 0 Å². The van der Waals surface area contributed by atoms with Crippen LogP contribution in [-0.2, 0) is 23.9 Å². The fourth-order valence-corrected chi connectivity index (χ4v) is 6.75. The maximum absolute atomic E-state index is 14.4. The zero-order chi connectivity index (χ0) is 26.9. The van der Waals surface area contributed by atoms with Gasteiger partial charge in [-0.2, -0.15) is 0 Å². The SMILES string of the molecule is C[C@@]12/C=C\CCCOC(=O)[C@@H]1[C@H]1C(=O)N(CCCCCCO)C3C(=O)N(c4ccccc4Cl)CC=C[C@@]31O2. The molecule has 5 rings (SSSR count). The van der Waals surface area contributed by atoms with E-state index in [9.17, 15) is 14.4 Å². The lowest BCUT2D eigenvalue weighted by atomic mass is 9.74. The Labute approximate surface area is 228 Å². The van der Waals surface area contributed by atoms with E-state index in [1.165, 1.54) is 0 Å². The summed E-state index contributed by atoms with van der Waals surface area (Å²) in [6, 6.07) is 6.18. The second-order valence-corrected chi connectivity index (χ2v) is 11.1. The zero-order valence-corrected chi connectivity index (χ0v) is 22.4. The van der Waals surface area contributed by atoms with Crippen LogP contribution in [0.1, 0.15) is 45.4 Å². The average Bonchev–Trinajstić information content (AvgIpc) is 3.24. The number of anilines is 1. The van der Waals surface area contributed by atoms with Crippen molar-refractivity contribution < 1.29 is 29.0 Å². The van der Waals surface area contributed by atoms with Crippen molar-refractivity contribution in [2.45, 2.75) is 62.7 Å². The number of cyclic esters (lactones) is 1. The Morgan fingerprint density at radius 3 is 2.61 bits per heavy atom. The van der Waals surface area contributed by atoms with E-state index in [2.05, 4.69) is 0 Å². The molecule has 38 heavy (non-hydrogen) atoms. The van der Waals surface area contributed by atoms with E-state index < -0.39 is 35.0 Å². The van der Waals surface area contributed by atoms with Gasteiger partial charge in [-0.3, -0.25) is 14.4 Å². The van der Waals surface area contributed by atoms with Crippen molar-refractivity contribution in [1.82, 2.24) is 4.90 Å². The number of nitrogens with zero attached hydrogens (tertiary/aromatic N) is 2. The van der Waals surface area contributed by atoms with Gasteiger partial charge in [0.25, 0.3) is 5.91 Å². The number of aliphatic hydroxyl groups is 1. The van der Waals surface area contributed by atoms with Crippen molar-refractivity contribution in [3.63, 3.8) is 0 Å². The summed E-state index contributed by atoms with van der Waals surface area (Å²) < 4.78 is 12.4. The summed E-state index contributed by atoms with van der Waals surface area (Å²) in [5, 5.41) is 9.57. The first kappa shape index (κ1) is 26.9. The van der Waals surface area contributed by atoms with Gasteiger partial charge in [-0.15, -0.1) is 0 Å². The predicted molar refractivity (Wildman–Crippen MR) is 143 cm³/mol. The quantitative estimate of drug-likeness (QED) is 0.321. The number of amides is 2. The largest absolute Gasteiger partial charge is 0.465 e. The summed E-state index contributed by atoms with van der Waals surface area (Å²) in [7, 11) is 0. The fourth-order valence-electron chi connectivity index (χ4n) is 6.51. The molecule has 1 unspecified atom stereocenters. The van der Waals surface area contributed by atoms with Crippen molar-refractivity contribution in [2.24, 2.45) is 11.8 Å². The van der Waals surface area contributed by atoms with E-state index in [0.717, 1.165) is 19.3 Å². The molecule has 4 aliphatic rings. The number of para-hydroxylation sites is 1. The number of halogens is 1. The van der Waals surface area contributed by atoms with Gasteiger partial charge in [0.15, 0.2) is 0 Å². The summed E-state index contributed by atoms with van der Waals surface area (Å²) in [4.78, 5) is 45.2. The molecule has 0 bridgehead atoms. The normalized spacial score (nSPS) is 33.6. The van der Waals surface area contributed by atoms with E-state index in [-0.39, 0.29) is 31.6 Å². The Hall–Kier alpha value is -2.68. The minimum absolute atomic E-state index is 0.121. The molecule has 2 fully saturated rings. The lowest BCUT2D eigenvalue weighted by molar-refractivity contribution is -0.158. The second kappa shape index (κ2) is 10.8. The van der Waals surface area contributed by atoms with E-state index in [1.807, 2.05) is 37.3 Å². The summed E-state index contributed by atoms with van der Waals surface area (Å²) in [5.41, 5.74) is -1.86. The molecular formula is C29H35ClN2O6. The minimum atomic E-state index is -1.32. The highest BCUT2D eigenvalue weighted by Gasteiger charge is 2.74. The Bertz CT molecular complexity index is 1150. The number of carbonyl (C=O) groups is 3. The molecule has 0 aromatic heterocycles. The molecule has 0 radical (unpaired) electrons. The van der Waals surface area contributed by atoms with Crippen LogP contribution < -0.4 is 4.90 Å². The lowest BCUT2D eigenvalue weighted by Crippen LogP contribution is -2.56. The highest BCUT2D eigenvalue weighted by atomic mass is 35.5. The molecule has 2 saturated heterocycles. The number of ether oxygens (including phenoxy) is 2. The average molecular weight is 543 g/mol. The first-order valence-corrected chi connectivity index (χ1v) is 13.9. The Balaban J connectivity index is 1.58. The monoisotopic (exact) mass is 542 g/mol. The molecule has 8 nitrogen and oxygen atoms in total. The molecule has 1 N–H and O–H groups in total. The van der Waals surface area contributed by atoms with Gasteiger partial charge in [0.2, 0.25) is 5.91 Å². The van der Waals surface area contributed by atoms with Crippen molar-refractivity contribution in [2.75, 3.05) is 31.2 Å². The van der Waals surface area contributed by atoms with Gasteiger partial charge < -0.3 is 24.4 Å². The molecule has 4 aliphatic heterocycles. The Morgan fingerprint density at radius 2 is 1.82 bits per heavy atom. The molecule has 1 spiro atoms. The number of hydrogen-bond acceptors (Lipinski definition) is 6. The molecule has 1 aromatic carbocycles. The van der Waals surface area contributed by atoms with Crippen LogP contribution in [0.2, 0.25) is 5.02 Å². The topological polar surface area (TPSA) is 96.4 Å². The minimum Gasteiger partial charge on any atom is -0.465 e. The van der Waals surface area contributed by atoms with E-state index >= 15 is 0 Å². The van der Waals surface area contributed by atoms with Crippen molar-refractivity contribution in [1.29, 1.82) is 0 Å². The van der Waals surface area contributed by atoms with Gasteiger partial charge in [0, 0.05) is 19.7 Å². The van der Waals surface area contributed by atoms with E-state index in [0.29, 0.717) is 36.5 Å². The highest BCUT2D eigenvalue weighted by Crippen LogP contribution is 2.57. The third-order valence-corrected chi connectivity index (χ3v) is 8.52. The van der Waals surface area contributed by atoms with Crippen LogP contribution >= 0.6 is 11.6 Å². The fraction of sp³-hybridized carbons (Fsp3) is 0.552. The number of likely N-dealkylation sites (tertiary alicyclic amines) is 1. The van der Waals surface area contributed by atoms with Crippen LogP contribution in [0.3, 0.4) is 0 Å². The molecule has 2 amide bonds. The van der Waals surface area contributed by atoms with Crippen LogP contribution in [0, 0.1) is 11.8 Å². The van der Waals surface area contributed by atoms with Crippen LogP contribution in [0.5, 0.6) is 0 Å². The highest BCUT2D eigenvalue weighted by molar-refractivity contribution is 6.34. The smallest absolute Gasteiger partial charge is 0.313 e. The third-order valence-electron chi connectivity index (χ3n) is 8.20. The van der Waals surface area contributed by atoms with Crippen LogP contribution in [0.4, 0.5) is 5.69 Å². The molecule has 4 heterocycles. The molecule has 0 aliphatic carbocycles. The summed E-state index contributed by atoms with van der Waals surface area (Å²) in [6.45, 7) is 2.82. The number of aliphatic hydroxyl groups excluding tert-OH is 1. The van der Waals surface area contributed by atoms with Gasteiger partial charge in [-0.05, 0) is 44.7 Å². The van der Waals surface area contributed by atoms with Crippen LogP contribution in [-0.4, -0.2) is 71.3 Å². The lowest BCUT2D eigenvalue weighted by Gasteiger charge is -2.37. The zero-order valence-electron chi connectivity index (χ0n) is 21.7. The summed E-state index contributed by atoms with van der Waals surface area (Å²) >= 11 is 6.50. The van der Waals surface area contributed by atoms with Gasteiger partial charge in [0.05, 0.1) is 28.8 Å². The van der Waals surface area contributed by atoms with Gasteiger partial charge in [0.1, 0.15) is 17.6 Å². The van der Waals surface area contributed by atoms with Crippen molar-refractivity contribution >= 4 is 35.1 Å². The first-order chi connectivity index (χ1) is 18.3. The Kier molecular flexibility index (Phi) is 7.67.